The van der Waals surface area contributed by atoms with E-state index in [4.69, 9.17) is 37.1 Å². The molecule has 3 aromatic rings. The highest BCUT2D eigenvalue weighted by Gasteiger charge is 2.12. The van der Waals surface area contributed by atoms with E-state index in [1.165, 1.54) is 6.07 Å². The van der Waals surface area contributed by atoms with Crippen LogP contribution in [-0.2, 0) is 16.1 Å². The van der Waals surface area contributed by atoms with Crippen LogP contribution in [0.2, 0.25) is 10.0 Å². The minimum Gasteiger partial charge on any atom is -0.479 e. The maximum Gasteiger partial charge on any atom is 0.344 e. The third kappa shape index (κ3) is 4.18. The van der Waals surface area contributed by atoms with Crippen molar-refractivity contribution in [3.63, 3.8) is 0 Å². The fraction of sp³-hybridized carbons (Fsp3) is 0.158. The number of hydrogen-bond acceptors (Lipinski definition) is 5. The van der Waals surface area contributed by atoms with Crippen LogP contribution in [0.15, 0.2) is 51.7 Å². The molecule has 2 aromatic carbocycles. The van der Waals surface area contributed by atoms with Crippen LogP contribution in [-0.4, -0.2) is 12.6 Å². The molecule has 0 unspecified atom stereocenters. The first kappa shape index (κ1) is 18.3. The molecule has 0 spiro atoms. The molecule has 0 saturated carbocycles. The summed E-state index contributed by atoms with van der Waals surface area (Å²) < 4.78 is 15.7. The molecule has 26 heavy (non-hydrogen) atoms. The monoisotopic (exact) mass is 392 g/mol. The van der Waals surface area contributed by atoms with Gasteiger partial charge in [-0.15, -0.1) is 0 Å². The van der Waals surface area contributed by atoms with Crippen molar-refractivity contribution in [3.05, 3.63) is 74.1 Å². The fourth-order valence-electron chi connectivity index (χ4n) is 2.41. The zero-order valence-corrected chi connectivity index (χ0v) is 15.3. The van der Waals surface area contributed by atoms with E-state index in [1.54, 1.807) is 24.3 Å². The Kier molecular flexibility index (Phi) is 5.49. The molecule has 0 amide bonds. The summed E-state index contributed by atoms with van der Waals surface area (Å²) in [6.45, 7) is 1.45. The van der Waals surface area contributed by atoms with Crippen molar-refractivity contribution in [2.45, 2.75) is 13.5 Å². The largest absolute Gasteiger partial charge is 0.479 e. The molecule has 7 heteroatoms. The Balaban J connectivity index is 1.68. The number of aryl methyl sites for hydroxylation is 1. The van der Waals surface area contributed by atoms with Gasteiger partial charge in [0.2, 0.25) is 0 Å². The smallest absolute Gasteiger partial charge is 0.344 e. The van der Waals surface area contributed by atoms with Crippen molar-refractivity contribution in [2.75, 3.05) is 6.61 Å². The van der Waals surface area contributed by atoms with E-state index in [0.29, 0.717) is 26.6 Å². The van der Waals surface area contributed by atoms with Gasteiger partial charge in [-0.25, -0.2) is 9.59 Å². The molecular weight excluding hydrogens is 379 g/mol. The van der Waals surface area contributed by atoms with Gasteiger partial charge in [-0.05, 0) is 30.7 Å². The molecule has 3 rings (SSSR count). The molecule has 0 aliphatic carbocycles. The first-order valence-electron chi connectivity index (χ1n) is 7.70. The maximum absolute atomic E-state index is 12.0. The van der Waals surface area contributed by atoms with Crippen LogP contribution in [0.1, 0.15) is 11.1 Å². The lowest BCUT2D eigenvalue weighted by Crippen LogP contribution is -2.15. The molecule has 1 aromatic heterocycles. The Morgan fingerprint density at radius 2 is 1.85 bits per heavy atom. The Bertz CT molecular complexity index is 1010. The molecule has 0 radical (unpaired) electrons. The Morgan fingerprint density at radius 3 is 2.58 bits per heavy atom. The number of hydrogen-bond donors (Lipinski definition) is 0. The van der Waals surface area contributed by atoms with Crippen molar-refractivity contribution in [2.24, 2.45) is 0 Å². The average Bonchev–Trinajstić information content (AvgIpc) is 2.58. The van der Waals surface area contributed by atoms with Crippen LogP contribution >= 0.6 is 23.2 Å². The van der Waals surface area contributed by atoms with Gasteiger partial charge >= 0.3 is 11.6 Å². The summed E-state index contributed by atoms with van der Waals surface area (Å²) in [7, 11) is 0. The molecule has 0 saturated heterocycles. The summed E-state index contributed by atoms with van der Waals surface area (Å²) in [5, 5.41) is 1.30. The van der Waals surface area contributed by atoms with Gasteiger partial charge in [-0.2, -0.15) is 0 Å². The lowest BCUT2D eigenvalue weighted by atomic mass is 10.1. The Labute approximate surface area is 159 Å². The number of carbonyl (C=O) groups excluding carboxylic acids is 1. The zero-order valence-electron chi connectivity index (χ0n) is 13.8. The molecule has 0 fully saturated rings. The number of rotatable bonds is 5. The number of fused-ring (bicyclic) bond motifs is 1. The Hall–Kier alpha value is -2.50. The third-order valence-corrected chi connectivity index (χ3v) is 4.22. The lowest BCUT2D eigenvalue weighted by molar-refractivity contribution is -0.147. The Morgan fingerprint density at radius 1 is 1.12 bits per heavy atom. The van der Waals surface area contributed by atoms with Gasteiger partial charge in [0.15, 0.2) is 12.4 Å². The number of esters is 1. The van der Waals surface area contributed by atoms with E-state index in [1.807, 2.05) is 19.1 Å². The molecule has 0 N–H and O–H groups in total. The minimum atomic E-state index is -0.616. The second-order valence-corrected chi connectivity index (χ2v) is 6.40. The number of ether oxygens (including phenoxy) is 2. The molecule has 0 bridgehead atoms. The first-order valence-corrected chi connectivity index (χ1v) is 8.45. The van der Waals surface area contributed by atoms with Gasteiger partial charge in [-0.1, -0.05) is 41.4 Å². The van der Waals surface area contributed by atoms with Crippen molar-refractivity contribution in [1.29, 1.82) is 0 Å². The van der Waals surface area contributed by atoms with Gasteiger partial charge in [0, 0.05) is 17.0 Å². The molecule has 134 valence electrons. The first-order chi connectivity index (χ1) is 12.4. The average molecular weight is 393 g/mol. The molecular formula is C19H14Cl2O5. The van der Waals surface area contributed by atoms with Gasteiger partial charge < -0.3 is 13.9 Å². The van der Waals surface area contributed by atoms with Crippen LogP contribution in [0.4, 0.5) is 0 Å². The van der Waals surface area contributed by atoms with E-state index in [9.17, 15) is 9.59 Å². The van der Waals surface area contributed by atoms with E-state index < -0.39 is 11.6 Å². The van der Waals surface area contributed by atoms with Crippen molar-refractivity contribution < 1.29 is 18.7 Å². The van der Waals surface area contributed by atoms with E-state index in [-0.39, 0.29) is 19.0 Å². The molecule has 0 atom stereocenters. The summed E-state index contributed by atoms with van der Waals surface area (Å²) in [6, 6.07) is 11.6. The molecule has 5 nitrogen and oxygen atoms in total. The second kappa shape index (κ2) is 7.81. The highest BCUT2D eigenvalue weighted by Crippen LogP contribution is 2.32. The van der Waals surface area contributed by atoms with E-state index >= 15 is 0 Å². The molecule has 0 aliphatic heterocycles. The van der Waals surface area contributed by atoms with Crippen LogP contribution in [0, 0.1) is 6.92 Å². The summed E-state index contributed by atoms with van der Waals surface area (Å²) in [5.41, 5.74) is 1.45. The maximum atomic E-state index is 12.0. The predicted molar refractivity (Wildman–Crippen MR) is 99.0 cm³/mol. The number of halogens is 2. The fourth-order valence-corrected chi connectivity index (χ4v) is 2.91. The summed E-state index contributed by atoms with van der Waals surface area (Å²) in [6.07, 6.45) is 0. The van der Waals surface area contributed by atoms with Crippen molar-refractivity contribution in [1.82, 2.24) is 0 Å². The summed E-state index contributed by atoms with van der Waals surface area (Å²) in [5.74, 6) is -0.399. The predicted octanol–water partition coefficient (Wildman–Crippen LogP) is 4.53. The van der Waals surface area contributed by atoms with Gasteiger partial charge in [0.25, 0.3) is 0 Å². The normalized spacial score (nSPS) is 10.7. The number of para-hydroxylation sites is 1. The van der Waals surface area contributed by atoms with Crippen molar-refractivity contribution >= 4 is 40.1 Å². The van der Waals surface area contributed by atoms with Gasteiger partial charge in [0.1, 0.15) is 12.2 Å². The third-order valence-electron chi connectivity index (χ3n) is 3.63. The lowest BCUT2D eigenvalue weighted by Gasteiger charge is -2.10. The van der Waals surface area contributed by atoms with Gasteiger partial charge in [-0.3, -0.25) is 0 Å². The highest BCUT2D eigenvalue weighted by atomic mass is 35.5. The van der Waals surface area contributed by atoms with Crippen LogP contribution in [0.3, 0.4) is 0 Å². The summed E-state index contributed by atoms with van der Waals surface area (Å²) in [4.78, 5) is 23.6. The molecule has 1 heterocycles. The van der Waals surface area contributed by atoms with E-state index in [2.05, 4.69) is 0 Å². The summed E-state index contributed by atoms with van der Waals surface area (Å²) >= 11 is 11.9. The number of carbonyl (C=O) groups is 1. The quantitative estimate of drug-likeness (QED) is 0.471. The van der Waals surface area contributed by atoms with Crippen LogP contribution in [0.25, 0.3) is 11.0 Å². The van der Waals surface area contributed by atoms with Crippen LogP contribution in [0.5, 0.6) is 5.75 Å². The number of benzene rings is 2. The standard InChI is InChI=1S/C19H14Cl2O5/c1-11-5-6-13-12(8-17(22)26-16(13)7-11)9-24-18(23)10-25-19-14(20)3-2-4-15(19)21/h2-8H,9-10H2,1H3. The minimum absolute atomic E-state index is 0.0798. The topological polar surface area (TPSA) is 65.7 Å². The zero-order chi connectivity index (χ0) is 18.7. The van der Waals surface area contributed by atoms with Crippen LogP contribution < -0.4 is 10.4 Å². The van der Waals surface area contributed by atoms with Gasteiger partial charge in [0.05, 0.1) is 10.0 Å². The van der Waals surface area contributed by atoms with E-state index in [0.717, 1.165) is 5.56 Å². The second-order valence-electron chi connectivity index (χ2n) is 5.59. The SMILES string of the molecule is Cc1ccc2c(COC(=O)COc3c(Cl)cccc3Cl)cc(=O)oc2c1. The highest BCUT2D eigenvalue weighted by molar-refractivity contribution is 6.37. The molecule has 0 aliphatic rings. The van der Waals surface area contributed by atoms with Crippen molar-refractivity contribution in [3.8, 4) is 5.75 Å².